The molecule has 3 heterocycles. The highest BCUT2D eigenvalue weighted by Gasteiger charge is 2.27. The first-order valence-corrected chi connectivity index (χ1v) is 12.5. The van der Waals surface area contributed by atoms with Crippen molar-refractivity contribution in [3.05, 3.63) is 76.3 Å². The van der Waals surface area contributed by atoms with E-state index in [2.05, 4.69) is 46.0 Å². The molecule has 7 heteroatoms. The summed E-state index contributed by atoms with van der Waals surface area (Å²) in [4.78, 5) is 22.4. The largest absolute Gasteiger partial charge is 0.493 e. The number of likely N-dealkylation sites (tertiary alicyclic amines) is 1. The number of hydrogen-bond acceptors (Lipinski definition) is 6. The van der Waals surface area contributed by atoms with Crippen molar-refractivity contribution in [2.75, 3.05) is 51.3 Å². The molecular formula is C28H34N4O3. The van der Waals surface area contributed by atoms with Crippen LogP contribution in [-0.2, 0) is 0 Å². The predicted octanol–water partition coefficient (Wildman–Crippen LogP) is 4.02. The highest BCUT2D eigenvalue weighted by atomic mass is 16.5. The third-order valence-electron chi connectivity index (χ3n) is 7.15. The van der Waals surface area contributed by atoms with E-state index < -0.39 is 0 Å². The smallest absolute Gasteiger partial charge is 0.298 e. The van der Waals surface area contributed by atoms with Crippen molar-refractivity contribution in [1.82, 2.24) is 14.5 Å². The molecule has 2 aromatic carbocycles. The first-order chi connectivity index (χ1) is 17.1. The number of aryl methyl sites for hydroxylation is 1. The van der Waals surface area contributed by atoms with Crippen molar-refractivity contribution in [2.45, 2.75) is 32.1 Å². The minimum absolute atomic E-state index is 0.123. The van der Waals surface area contributed by atoms with Crippen molar-refractivity contribution in [3.8, 4) is 17.2 Å². The number of rotatable bonds is 8. The summed E-state index contributed by atoms with van der Waals surface area (Å²) >= 11 is 0. The van der Waals surface area contributed by atoms with Gasteiger partial charge in [0.2, 0.25) is 0 Å². The molecule has 5 rings (SSSR count). The zero-order valence-electron chi connectivity index (χ0n) is 20.7. The Hall–Kier alpha value is -3.32. The summed E-state index contributed by atoms with van der Waals surface area (Å²) in [7, 11) is 1.63. The molecular weight excluding hydrogens is 440 g/mol. The molecule has 2 aliphatic heterocycles. The van der Waals surface area contributed by atoms with Crippen LogP contribution >= 0.6 is 0 Å². The van der Waals surface area contributed by atoms with Crippen molar-refractivity contribution < 1.29 is 9.47 Å². The SMILES string of the molecule is COc1cc(-n2ccnc(N3CCC(c4ccc(C)cc4)C3)c2=O)ccc1OCCN1CCCC1. The van der Waals surface area contributed by atoms with E-state index in [0.29, 0.717) is 29.8 Å². The van der Waals surface area contributed by atoms with Crippen LogP contribution in [0.25, 0.3) is 5.69 Å². The fourth-order valence-electron chi connectivity index (χ4n) is 5.10. The summed E-state index contributed by atoms with van der Waals surface area (Å²) in [6, 6.07) is 14.3. The van der Waals surface area contributed by atoms with E-state index in [9.17, 15) is 4.79 Å². The maximum absolute atomic E-state index is 13.4. The molecule has 1 atom stereocenters. The standard InChI is InChI=1S/C28H34N4O3/c1-21-5-7-22(8-6-21)23-11-15-31(20-23)27-28(33)32(16-12-29-27)24-9-10-25(26(19-24)34-2)35-18-17-30-13-3-4-14-30/h5-10,12,16,19,23H,3-4,11,13-15,17-18,20H2,1-2H3. The average Bonchev–Trinajstić information content (AvgIpc) is 3.58. The van der Waals surface area contributed by atoms with Gasteiger partial charge >= 0.3 is 0 Å². The van der Waals surface area contributed by atoms with Gasteiger partial charge in [-0.1, -0.05) is 29.8 Å². The Labute approximate surface area is 206 Å². The van der Waals surface area contributed by atoms with Crippen molar-refractivity contribution >= 4 is 5.82 Å². The Morgan fingerprint density at radius 2 is 1.83 bits per heavy atom. The molecule has 2 fully saturated rings. The molecule has 0 amide bonds. The second kappa shape index (κ2) is 10.5. The number of hydrogen-bond donors (Lipinski definition) is 0. The van der Waals surface area contributed by atoms with Gasteiger partial charge in [-0.3, -0.25) is 14.3 Å². The molecule has 2 saturated heterocycles. The number of nitrogens with zero attached hydrogens (tertiary/aromatic N) is 4. The summed E-state index contributed by atoms with van der Waals surface area (Å²) in [5.74, 6) is 2.21. The van der Waals surface area contributed by atoms with Gasteiger partial charge in [-0.05, 0) is 57.0 Å². The van der Waals surface area contributed by atoms with E-state index in [1.807, 2.05) is 18.2 Å². The van der Waals surface area contributed by atoms with E-state index >= 15 is 0 Å². The van der Waals surface area contributed by atoms with Crippen LogP contribution in [0.5, 0.6) is 11.5 Å². The maximum atomic E-state index is 13.4. The first kappa shape index (κ1) is 23.4. The number of benzene rings is 2. The van der Waals surface area contributed by atoms with Gasteiger partial charge in [0.15, 0.2) is 17.3 Å². The first-order valence-electron chi connectivity index (χ1n) is 12.5. The van der Waals surface area contributed by atoms with Crippen molar-refractivity contribution in [1.29, 1.82) is 0 Å². The van der Waals surface area contributed by atoms with Gasteiger partial charge in [0, 0.05) is 44.0 Å². The van der Waals surface area contributed by atoms with Gasteiger partial charge in [0.05, 0.1) is 12.8 Å². The lowest BCUT2D eigenvalue weighted by molar-refractivity contribution is 0.230. The molecule has 0 saturated carbocycles. The van der Waals surface area contributed by atoms with Crippen LogP contribution in [0.4, 0.5) is 5.82 Å². The fourth-order valence-corrected chi connectivity index (χ4v) is 5.10. The van der Waals surface area contributed by atoms with Crippen molar-refractivity contribution in [2.24, 2.45) is 0 Å². The number of aromatic nitrogens is 2. The maximum Gasteiger partial charge on any atom is 0.298 e. The Kier molecular flexibility index (Phi) is 7.04. The molecule has 0 bridgehead atoms. The Bertz CT molecular complexity index is 1200. The molecule has 35 heavy (non-hydrogen) atoms. The Morgan fingerprint density at radius 3 is 2.60 bits per heavy atom. The van der Waals surface area contributed by atoms with Crippen LogP contribution in [0, 0.1) is 6.92 Å². The summed E-state index contributed by atoms with van der Waals surface area (Å²) in [6.45, 7) is 7.54. The predicted molar refractivity (Wildman–Crippen MR) is 138 cm³/mol. The zero-order chi connectivity index (χ0) is 24.2. The quantitative estimate of drug-likeness (QED) is 0.492. The molecule has 0 aliphatic carbocycles. The van der Waals surface area contributed by atoms with Crippen LogP contribution in [0.2, 0.25) is 0 Å². The zero-order valence-corrected chi connectivity index (χ0v) is 20.7. The summed E-state index contributed by atoms with van der Waals surface area (Å²) < 4.78 is 13.2. The van der Waals surface area contributed by atoms with E-state index in [4.69, 9.17) is 9.47 Å². The van der Waals surface area contributed by atoms with Gasteiger partial charge in [-0.2, -0.15) is 0 Å². The molecule has 1 unspecified atom stereocenters. The number of ether oxygens (including phenoxy) is 2. The van der Waals surface area contributed by atoms with Crippen LogP contribution in [0.3, 0.4) is 0 Å². The molecule has 0 N–H and O–H groups in total. The second-order valence-corrected chi connectivity index (χ2v) is 9.50. The third-order valence-corrected chi connectivity index (χ3v) is 7.15. The van der Waals surface area contributed by atoms with E-state index in [1.165, 1.54) is 24.0 Å². The molecule has 1 aromatic heterocycles. The number of anilines is 1. The summed E-state index contributed by atoms with van der Waals surface area (Å²) in [6.07, 6.45) is 6.96. The lowest BCUT2D eigenvalue weighted by Gasteiger charge is -2.19. The lowest BCUT2D eigenvalue weighted by Crippen LogP contribution is -2.31. The van der Waals surface area contributed by atoms with Crippen LogP contribution in [0.15, 0.2) is 59.7 Å². The van der Waals surface area contributed by atoms with Gasteiger partial charge in [0.25, 0.3) is 5.56 Å². The molecule has 3 aromatic rings. The summed E-state index contributed by atoms with van der Waals surface area (Å²) in [5, 5.41) is 0. The highest BCUT2D eigenvalue weighted by Crippen LogP contribution is 2.31. The lowest BCUT2D eigenvalue weighted by atomic mass is 9.98. The van der Waals surface area contributed by atoms with Crippen LogP contribution in [-0.4, -0.2) is 60.9 Å². The van der Waals surface area contributed by atoms with E-state index in [1.54, 1.807) is 24.1 Å². The van der Waals surface area contributed by atoms with Gasteiger partial charge in [-0.25, -0.2) is 4.98 Å². The van der Waals surface area contributed by atoms with E-state index in [0.717, 1.165) is 44.8 Å². The Morgan fingerprint density at radius 1 is 1.03 bits per heavy atom. The topological polar surface area (TPSA) is 59.8 Å². The van der Waals surface area contributed by atoms with E-state index in [-0.39, 0.29) is 5.56 Å². The normalized spacial score (nSPS) is 18.2. The molecule has 0 spiro atoms. The minimum atomic E-state index is -0.123. The van der Waals surface area contributed by atoms with Crippen molar-refractivity contribution in [3.63, 3.8) is 0 Å². The molecule has 7 nitrogen and oxygen atoms in total. The third kappa shape index (κ3) is 5.20. The van der Waals surface area contributed by atoms with Gasteiger partial charge in [-0.15, -0.1) is 0 Å². The average molecular weight is 475 g/mol. The van der Waals surface area contributed by atoms with Gasteiger partial charge in [0.1, 0.15) is 6.61 Å². The summed E-state index contributed by atoms with van der Waals surface area (Å²) in [5.41, 5.74) is 3.19. The minimum Gasteiger partial charge on any atom is -0.493 e. The van der Waals surface area contributed by atoms with Crippen LogP contribution < -0.4 is 19.9 Å². The second-order valence-electron chi connectivity index (χ2n) is 9.50. The number of methoxy groups -OCH3 is 1. The molecule has 184 valence electrons. The monoisotopic (exact) mass is 474 g/mol. The van der Waals surface area contributed by atoms with Gasteiger partial charge < -0.3 is 14.4 Å². The fraction of sp³-hybridized carbons (Fsp3) is 0.429. The molecule has 0 radical (unpaired) electrons. The van der Waals surface area contributed by atoms with Crippen LogP contribution in [0.1, 0.15) is 36.3 Å². The Balaban J connectivity index is 1.31. The highest BCUT2D eigenvalue weighted by molar-refractivity contribution is 5.50. The molecule has 2 aliphatic rings.